The molecule has 0 radical (unpaired) electrons. The van der Waals surface area contributed by atoms with Gasteiger partial charge in [-0.1, -0.05) is 0 Å². The standard InChI is InChI=1S/C10H12BrNO3/c1-15-10-4-6(8(13)2-3-12)7(11)5-9(10)14/h4-5,14H,2-3,12H2,1H3. The maximum absolute atomic E-state index is 11.6. The van der Waals surface area contributed by atoms with E-state index in [0.29, 0.717) is 16.6 Å². The van der Waals surface area contributed by atoms with Crippen molar-refractivity contribution in [3.05, 3.63) is 22.2 Å². The molecule has 15 heavy (non-hydrogen) atoms. The first-order chi connectivity index (χ1) is 7.10. The molecule has 0 heterocycles. The van der Waals surface area contributed by atoms with Gasteiger partial charge in [-0.05, 0) is 34.6 Å². The van der Waals surface area contributed by atoms with E-state index in [1.807, 2.05) is 0 Å². The summed E-state index contributed by atoms with van der Waals surface area (Å²) < 4.78 is 5.46. The number of Topliss-reactive ketones (excluding diaryl/α,β-unsaturated/α-hetero) is 1. The van der Waals surface area contributed by atoms with Crippen molar-refractivity contribution in [2.45, 2.75) is 6.42 Å². The van der Waals surface area contributed by atoms with Crippen LogP contribution in [-0.4, -0.2) is 24.5 Å². The van der Waals surface area contributed by atoms with Gasteiger partial charge in [-0.15, -0.1) is 0 Å². The average molecular weight is 274 g/mol. The minimum absolute atomic E-state index is 0.00586. The van der Waals surface area contributed by atoms with Crippen LogP contribution in [0.4, 0.5) is 0 Å². The van der Waals surface area contributed by atoms with E-state index < -0.39 is 0 Å². The Balaban J connectivity index is 3.12. The SMILES string of the molecule is COc1cc(C(=O)CCN)c(Br)cc1O. The van der Waals surface area contributed by atoms with Crippen LogP contribution in [0.15, 0.2) is 16.6 Å². The molecule has 0 aliphatic rings. The van der Waals surface area contributed by atoms with Crippen LogP contribution < -0.4 is 10.5 Å². The number of phenolic OH excluding ortho intramolecular Hbond substituents is 1. The summed E-state index contributed by atoms with van der Waals surface area (Å²) in [5.41, 5.74) is 5.77. The van der Waals surface area contributed by atoms with Crippen LogP contribution in [0, 0.1) is 0 Å². The van der Waals surface area contributed by atoms with Crippen molar-refractivity contribution >= 4 is 21.7 Å². The fraction of sp³-hybridized carbons (Fsp3) is 0.300. The first kappa shape index (κ1) is 12.0. The van der Waals surface area contributed by atoms with Gasteiger partial charge in [-0.2, -0.15) is 0 Å². The summed E-state index contributed by atoms with van der Waals surface area (Å²) in [7, 11) is 1.43. The quantitative estimate of drug-likeness (QED) is 0.819. The molecule has 1 aromatic rings. The highest BCUT2D eigenvalue weighted by Crippen LogP contribution is 2.32. The molecule has 0 unspecified atom stereocenters. The van der Waals surface area contributed by atoms with Crippen LogP contribution in [0.2, 0.25) is 0 Å². The molecule has 0 aliphatic heterocycles. The summed E-state index contributed by atoms with van der Waals surface area (Å²) >= 11 is 3.20. The number of phenols is 1. The predicted octanol–water partition coefficient (Wildman–Crippen LogP) is 1.69. The van der Waals surface area contributed by atoms with Crippen molar-refractivity contribution in [3.8, 4) is 11.5 Å². The van der Waals surface area contributed by atoms with E-state index in [9.17, 15) is 9.90 Å². The molecule has 0 fully saturated rings. The second kappa shape index (κ2) is 5.14. The number of ether oxygens (including phenoxy) is 1. The van der Waals surface area contributed by atoms with Crippen LogP contribution in [-0.2, 0) is 0 Å². The van der Waals surface area contributed by atoms with Crippen LogP contribution in [0.25, 0.3) is 0 Å². The zero-order valence-electron chi connectivity index (χ0n) is 8.29. The van der Waals surface area contributed by atoms with Crippen molar-refractivity contribution in [1.29, 1.82) is 0 Å². The third kappa shape index (κ3) is 2.70. The zero-order chi connectivity index (χ0) is 11.4. The van der Waals surface area contributed by atoms with E-state index in [1.54, 1.807) is 0 Å². The number of methoxy groups -OCH3 is 1. The normalized spacial score (nSPS) is 10.1. The molecule has 3 N–H and O–H groups in total. The molecule has 0 amide bonds. The number of rotatable bonds is 4. The number of ketones is 1. The first-order valence-electron chi connectivity index (χ1n) is 4.40. The molecule has 82 valence electrons. The highest BCUT2D eigenvalue weighted by molar-refractivity contribution is 9.10. The van der Waals surface area contributed by atoms with E-state index in [2.05, 4.69) is 15.9 Å². The van der Waals surface area contributed by atoms with Crippen LogP contribution in [0.1, 0.15) is 16.8 Å². The Morgan fingerprint density at radius 2 is 2.27 bits per heavy atom. The zero-order valence-corrected chi connectivity index (χ0v) is 9.87. The molecule has 0 aliphatic carbocycles. The highest BCUT2D eigenvalue weighted by atomic mass is 79.9. The number of benzene rings is 1. The van der Waals surface area contributed by atoms with E-state index in [1.165, 1.54) is 19.2 Å². The fourth-order valence-electron chi connectivity index (χ4n) is 1.19. The maximum atomic E-state index is 11.6. The largest absolute Gasteiger partial charge is 0.504 e. The third-order valence-electron chi connectivity index (χ3n) is 1.94. The first-order valence-corrected chi connectivity index (χ1v) is 5.19. The summed E-state index contributed by atoms with van der Waals surface area (Å²) in [4.78, 5) is 11.6. The summed E-state index contributed by atoms with van der Waals surface area (Å²) in [5, 5.41) is 9.44. The Labute approximate surface area is 96.2 Å². The topological polar surface area (TPSA) is 72.5 Å². The van der Waals surface area contributed by atoms with Crippen molar-refractivity contribution < 1.29 is 14.6 Å². The van der Waals surface area contributed by atoms with Crippen LogP contribution in [0.5, 0.6) is 11.5 Å². The Hall–Kier alpha value is -1.07. The summed E-state index contributed by atoms with van der Waals surface area (Å²) in [6.07, 6.45) is 0.270. The Kier molecular flexibility index (Phi) is 4.11. The van der Waals surface area contributed by atoms with Crippen LogP contribution >= 0.6 is 15.9 Å². The molecule has 4 nitrogen and oxygen atoms in total. The van der Waals surface area contributed by atoms with Crippen molar-refractivity contribution in [3.63, 3.8) is 0 Å². The number of halogens is 1. The Morgan fingerprint density at radius 1 is 1.60 bits per heavy atom. The molecule has 0 saturated heterocycles. The molecule has 0 aromatic heterocycles. The lowest BCUT2D eigenvalue weighted by molar-refractivity contribution is 0.0984. The Morgan fingerprint density at radius 3 is 2.80 bits per heavy atom. The average Bonchev–Trinajstić information content (AvgIpc) is 2.18. The van der Waals surface area contributed by atoms with Gasteiger partial charge in [0, 0.05) is 16.5 Å². The molecule has 0 saturated carbocycles. The van der Waals surface area contributed by atoms with Gasteiger partial charge < -0.3 is 15.6 Å². The Bertz CT molecular complexity index is 379. The smallest absolute Gasteiger partial charge is 0.165 e. The summed E-state index contributed by atoms with van der Waals surface area (Å²) in [6, 6.07) is 2.93. The molecular formula is C10H12BrNO3. The van der Waals surface area contributed by atoms with Gasteiger partial charge in [-0.25, -0.2) is 0 Å². The van der Waals surface area contributed by atoms with Gasteiger partial charge in [0.1, 0.15) is 0 Å². The third-order valence-corrected chi connectivity index (χ3v) is 2.60. The molecule has 0 bridgehead atoms. The van der Waals surface area contributed by atoms with Gasteiger partial charge in [0.05, 0.1) is 7.11 Å². The minimum atomic E-state index is -0.0809. The molecule has 0 atom stereocenters. The van der Waals surface area contributed by atoms with Gasteiger partial charge in [0.2, 0.25) is 0 Å². The van der Waals surface area contributed by atoms with Gasteiger partial charge in [0.25, 0.3) is 0 Å². The van der Waals surface area contributed by atoms with E-state index in [4.69, 9.17) is 10.5 Å². The lowest BCUT2D eigenvalue weighted by atomic mass is 10.1. The second-order valence-corrected chi connectivity index (χ2v) is 3.82. The van der Waals surface area contributed by atoms with E-state index in [0.717, 1.165) is 0 Å². The summed E-state index contributed by atoms with van der Waals surface area (Å²) in [6.45, 7) is 0.300. The molecule has 1 rings (SSSR count). The number of carbonyl (C=O) groups excluding carboxylic acids is 1. The lowest BCUT2D eigenvalue weighted by Crippen LogP contribution is -2.08. The van der Waals surface area contributed by atoms with E-state index >= 15 is 0 Å². The molecule has 0 spiro atoms. The number of hydrogen-bond acceptors (Lipinski definition) is 4. The number of carbonyl (C=O) groups is 1. The van der Waals surface area contributed by atoms with Gasteiger partial charge in [0.15, 0.2) is 17.3 Å². The monoisotopic (exact) mass is 273 g/mol. The number of hydrogen-bond donors (Lipinski definition) is 2. The number of aromatic hydroxyl groups is 1. The van der Waals surface area contributed by atoms with Crippen LogP contribution in [0.3, 0.4) is 0 Å². The van der Waals surface area contributed by atoms with Crippen molar-refractivity contribution in [2.24, 2.45) is 5.73 Å². The number of nitrogens with two attached hydrogens (primary N) is 1. The second-order valence-electron chi connectivity index (χ2n) is 2.97. The lowest BCUT2D eigenvalue weighted by Gasteiger charge is -2.08. The minimum Gasteiger partial charge on any atom is -0.504 e. The van der Waals surface area contributed by atoms with Gasteiger partial charge in [-0.3, -0.25) is 4.79 Å². The molecule has 1 aromatic carbocycles. The van der Waals surface area contributed by atoms with Gasteiger partial charge >= 0.3 is 0 Å². The maximum Gasteiger partial charge on any atom is 0.165 e. The van der Waals surface area contributed by atoms with E-state index in [-0.39, 0.29) is 23.7 Å². The highest BCUT2D eigenvalue weighted by Gasteiger charge is 2.13. The van der Waals surface area contributed by atoms with Crippen molar-refractivity contribution in [2.75, 3.05) is 13.7 Å². The predicted molar refractivity (Wildman–Crippen MR) is 60.4 cm³/mol. The van der Waals surface area contributed by atoms with Crippen molar-refractivity contribution in [1.82, 2.24) is 0 Å². The molecular weight excluding hydrogens is 262 g/mol. The molecule has 5 heteroatoms. The summed E-state index contributed by atoms with van der Waals surface area (Å²) in [5.74, 6) is 0.190. The fourth-order valence-corrected chi connectivity index (χ4v) is 1.74.